The van der Waals surface area contributed by atoms with Crippen LogP contribution in [0.25, 0.3) is 0 Å². The van der Waals surface area contributed by atoms with Crippen LogP contribution in [0.3, 0.4) is 0 Å². The number of rotatable bonds is 6. The average molecular weight is 306 g/mol. The summed E-state index contributed by atoms with van der Waals surface area (Å²) in [6.45, 7) is 2.52. The summed E-state index contributed by atoms with van der Waals surface area (Å²) in [5, 5.41) is 14.8. The summed E-state index contributed by atoms with van der Waals surface area (Å²) < 4.78 is 5.28. The van der Waals surface area contributed by atoms with E-state index < -0.39 is 0 Å². The smallest absolute Gasteiger partial charge is 0.315 e. The number of urea groups is 1. The van der Waals surface area contributed by atoms with Crippen LogP contribution in [-0.4, -0.2) is 37.4 Å². The Morgan fingerprint density at radius 2 is 2.32 bits per heavy atom. The van der Waals surface area contributed by atoms with E-state index in [4.69, 9.17) is 9.84 Å². The van der Waals surface area contributed by atoms with Gasteiger partial charge in [0.25, 0.3) is 0 Å². The van der Waals surface area contributed by atoms with E-state index in [1.165, 1.54) is 11.1 Å². The fraction of sp³-hybridized carbons (Fsp3) is 0.588. The minimum absolute atomic E-state index is 0.0318. The highest BCUT2D eigenvalue weighted by molar-refractivity contribution is 5.74. The van der Waals surface area contributed by atoms with Gasteiger partial charge >= 0.3 is 6.03 Å². The summed E-state index contributed by atoms with van der Waals surface area (Å²) in [4.78, 5) is 11.9. The van der Waals surface area contributed by atoms with Crippen molar-refractivity contribution in [3.05, 3.63) is 29.3 Å². The highest BCUT2D eigenvalue weighted by Crippen LogP contribution is 2.33. The van der Waals surface area contributed by atoms with Crippen LogP contribution in [-0.2, 0) is 6.42 Å². The monoisotopic (exact) mass is 306 g/mol. The van der Waals surface area contributed by atoms with Gasteiger partial charge in [0, 0.05) is 12.5 Å². The zero-order valence-corrected chi connectivity index (χ0v) is 13.4. The fourth-order valence-corrected chi connectivity index (χ4v) is 2.96. The van der Waals surface area contributed by atoms with Crippen molar-refractivity contribution in [3.8, 4) is 5.75 Å². The summed E-state index contributed by atoms with van der Waals surface area (Å²) in [6.07, 6.45) is 3.99. The van der Waals surface area contributed by atoms with Gasteiger partial charge in [0.1, 0.15) is 5.75 Å². The second-order valence-electron chi connectivity index (χ2n) is 5.80. The van der Waals surface area contributed by atoms with Gasteiger partial charge in [-0.05, 0) is 48.9 Å². The van der Waals surface area contributed by atoms with Crippen molar-refractivity contribution in [2.45, 2.75) is 44.6 Å². The Balaban J connectivity index is 1.93. The van der Waals surface area contributed by atoms with Crippen molar-refractivity contribution >= 4 is 6.03 Å². The number of hydrogen-bond acceptors (Lipinski definition) is 3. The first-order valence-corrected chi connectivity index (χ1v) is 8.00. The topological polar surface area (TPSA) is 70.6 Å². The predicted octanol–water partition coefficient (Wildman–Crippen LogP) is 2.19. The van der Waals surface area contributed by atoms with Crippen LogP contribution in [0.4, 0.5) is 4.79 Å². The summed E-state index contributed by atoms with van der Waals surface area (Å²) in [7, 11) is 1.68. The van der Waals surface area contributed by atoms with Crippen LogP contribution >= 0.6 is 0 Å². The second-order valence-corrected chi connectivity index (χ2v) is 5.80. The number of amides is 2. The summed E-state index contributed by atoms with van der Waals surface area (Å²) >= 11 is 0. The van der Waals surface area contributed by atoms with Gasteiger partial charge in [-0.3, -0.25) is 0 Å². The molecule has 0 heterocycles. The normalized spacial score (nSPS) is 18.2. The van der Waals surface area contributed by atoms with E-state index in [2.05, 4.69) is 22.8 Å². The first-order valence-electron chi connectivity index (χ1n) is 8.00. The van der Waals surface area contributed by atoms with E-state index in [-0.39, 0.29) is 18.7 Å². The zero-order chi connectivity index (χ0) is 15.9. The van der Waals surface area contributed by atoms with E-state index in [1.54, 1.807) is 7.11 Å². The number of nitrogens with one attached hydrogen (secondary N) is 2. The molecule has 2 atom stereocenters. The van der Waals surface area contributed by atoms with Crippen LogP contribution in [0.5, 0.6) is 5.75 Å². The van der Waals surface area contributed by atoms with Crippen LogP contribution < -0.4 is 15.4 Å². The number of hydrogen-bond donors (Lipinski definition) is 3. The molecular weight excluding hydrogens is 280 g/mol. The highest BCUT2D eigenvalue weighted by Gasteiger charge is 2.21. The van der Waals surface area contributed by atoms with Crippen molar-refractivity contribution in [1.29, 1.82) is 0 Å². The van der Waals surface area contributed by atoms with E-state index in [0.29, 0.717) is 12.5 Å². The average Bonchev–Trinajstić information content (AvgIpc) is 2.57. The molecule has 0 fully saturated rings. The largest absolute Gasteiger partial charge is 0.497 e. The third-order valence-electron chi connectivity index (χ3n) is 4.35. The molecule has 0 spiro atoms. The highest BCUT2D eigenvalue weighted by atomic mass is 16.5. The standard InChI is InChI=1S/C17H26N2O3/c1-3-14(11-20)19-17(21)18-10-13-6-4-5-12-9-15(22-2)7-8-16(12)13/h7-9,13-14,20H,3-6,10-11H2,1-2H3,(H2,18,19,21)/t13-,14-/m1/s1. The molecule has 0 radical (unpaired) electrons. The van der Waals surface area contributed by atoms with Crippen molar-refractivity contribution < 1.29 is 14.6 Å². The molecule has 0 saturated carbocycles. The minimum atomic E-state index is -0.207. The fourth-order valence-electron chi connectivity index (χ4n) is 2.96. The number of benzene rings is 1. The predicted molar refractivity (Wildman–Crippen MR) is 86.4 cm³/mol. The Kier molecular flexibility index (Phi) is 6.07. The van der Waals surface area contributed by atoms with Crippen LogP contribution in [0.15, 0.2) is 18.2 Å². The maximum absolute atomic E-state index is 11.9. The Labute approximate surface area is 132 Å². The molecule has 1 aliphatic rings. The lowest BCUT2D eigenvalue weighted by molar-refractivity contribution is 0.214. The van der Waals surface area contributed by atoms with Gasteiger partial charge in [0.2, 0.25) is 0 Å². The SMILES string of the molecule is CC[C@H](CO)NC(=O)NC[C@H]1CCCc2cc(OC)ccc21. The third-order valence-corrected chi connectivity index (χ3v) is 4.35. The molecule has 0 aliphatic heterocycles. The summed E-state index contributed by atoms with van der Waals surface area (Å²) in [5.74, 6) is 1.23. The van der Waals surface area contributed by atoms with Crippen molar-refractivity contribution in [2.75, 3.05) is 20.3 Å². The molecule has 2 amide bonds. The lowest BCUT2D eigenvalue weighted by Crippen LogP contribution is -2.44. The van der Waals surface area contributed by atoms with E-state index in [9.17, 15) is 4.79 Å². The van der Waals surface area contributed by atoms with E-state index in [1.807, 2.05) is 13.0 Å². The molecule has 122 valence electrons. The summed E-state index contributed by atoms with van der Waals surface area (Å²) in [5.41, 5.74) is 2.63. The number of ether oxygens (including phenoxy) is 1. The molecule has 3 N–H and O–H groups in total. The Bertz CT molecular complexity index is 501. The molecule has 22 heavy (non-hydrogen) atoms. The molecule has 5 heteroatoms. The molecule has 0 bridgehead atoms. The van der Waals surface area contributed by atoms with Gasteiger partial charge in [-0.25, -0.2) is 4.79 Å². The Morgan fingerprint density at radius 3 is 3.00 bits per heavy atom. The van der Waals surface area contributed by atoms with Crippen molar-refractivity contribution in [3.63, 3.8) is 0 Å². The first-order chi connectivity index (χ1) is 10.7. The van der Waals surface area contributed by atoms with Crippen molar-refractivity contribution in [1.82, 2.24) is 10.6 Å². The summed E-state index contributed by atoms with van der Waals surface area (Å²) in [6, 6.07) is 5.81. The van der Waals surface area contributed by atoms with Gasteiger partial charge in [-0.2, -0.15) is 0 Å². The minimum Gasteiger partial charge on any atom is -0.497 e. The Morgan fingerprint density at radius 1 is 1.50 bits per heavy atom. The number of methoxy groups -OCH3 is 1. The molecular formula is C17H26N2O3. The molecule has 5 nitrogen and oxygen atoms in total. The molecule has 0 aromatic heterocycles. The lowest BCUT2D eigenvalue weighted by Gasteiger charge is -2.26. The van der Waals surface area contributed by atoms with Gasteiger partial charge in [-0.15, -0.1) is 0 Å². The molecule has 2 rings (SSSR count). The first kappa shape index (κ1) is 16.6. The van der Waals surface area contributed by atoms with E-state index in [0.717, 1.165) is 31.4 Å². The van der Waals surface area contributed by atoms with Gasteiger partial charge in [0.15, 0.2) is 0 Å². The number of aliphatic hydroxyl groups excluding tert-OH is 1. The van der Waals surface area contributed by atoms with Gasteiger partial charge in [0.05, 0.1) is 19.8 Å². The number of carbonyl (C=O) groups excluding carboxylic acids is 1. The third kappa shape index (κ3) is 4.13. The zero-order valence-electron chi connectivity index (χ0n) is 13.4. The molecule has 1 aliphatic carbocycles. The van der Waals surface area contributed by atoms with E-state index >= 15 is 0 Å². The molecule has 1 aromatic carbocycles. The molecule has 0 saturated heterocycles. The number of fused-ring (bicyclic) bond motifs is 1. The maximum Gasteiger partial charge on any atom is 0.315 e. The van der Waals surface area contributed by atoms with Crippen molar-refractivity contribution in [2.24, 2.45) is 0 Å². The second kappa shape index (κ2) is 8.03. The number of carbonyl (C=O) groups is 1. The molecule has 1 aromatic rings. The quantitative estimate of drug-likeness (QED) is 0.754. The van der Waals surface area contributed by atoms with Crippen LogP contribution in [0.2, 0.25) is 0 Å². The lowest BCUT2D eigenvalue weighted by atomic mass is 9.82. The number of aliphatic hydroxyl groups is 1. The molecule has 0 unspecified atom stereocenters. The van der Waals surface area contributed by atoms with Gasteiger partial charge in [-0.1, -0.05) is 13.0 Å². The Hall–Kier alpha value is -1.75. The van der Waals surface area contributed by atoms with Crippen LogP contribution in [0.1, 0.15) is 43.2 Å². The maximum atomic E-state index is 11.9. The van der Waals surface area contributed by atoms with Gasteiger partial charge < -0.3 is 20.5 Å². The number of aryl methyl sites for hydroxylation is 1. The van der Waals surface area contributed by atoms with Crippen LogP contribution in [0, 0.1) is 0 Å².